The fraction of sp³-hybridized carbons (Fsp3) is 0.571. The Bertz CT molecular complexity index is 382. The normalized spacial score (nSPS) is 17.1. The Hall–Kier alpha value is -0.970. The Morgan fingerprint density at radius 1 is 1.44 bits per heavy atom. The molecule has 4 heteroatoms. The minimum atomic E-state index is -0.170. The van der Waals surface area contributed by atoms with Gasteiger partial charge in [0.05, 0.1) is 12.6 Å². The molecule has 1 aromatic rings. The minimum absolute atomic E-state index is 0.0474. The molecule has 0 amide bonds. The molecule has 0 bridgehead atoms. The molecule has 1 atom stereocenters. The first-order valence-electron chi connectivity index (χ1n) is 6.47. The molecule has 0 aromatic heterocycles. The van der Waals surface area contributed by atoms with Gasteiger partial charge in [-0.3, -0.25) is 4.90 Å². The van der Waals surface area contributed by atoms with E-state index in [1.54, 1.807) is 13.2 Å². The van der Waals surface area contributed by atoms with Gasteiger partial charge in [-0.05, 0) is 18.9 Å². The van der Waals surface area contributed by atoms with Crippen molar-refractivity contribution >= 4 is 0 Å². The van der Waals surface area contributed by atoms with Gasteiger partial charge in [0.25, 0.3) is 0 Å². The summed E-state index contributed by atoms with van der Waals surface area (Å²) in [7, 11) is 1.69. The maximum absolute atomic E-state index is 13.9. The molecule has 1 saturated carbocycles. The Balaban J connectivity index is 2.17. The van der Waals surface area contributed by atoms with Gasteiger partial charge in [0.15, 0.2) is 0 Å². The van der Waals surface area contributed by atoms with Crippen LogP contribution in [0.3, 0.4) is 0 Å². The van der Waals surface area contributed by atoms with Gasteiger partial charge in [0, 0.05) is 31.8 Å². The van der Waals surface area contributed by atoms with E-state index in [4.69, 9.17) is 10.5 Å². The second-order valence-corrected chi connectivity index (χ2v) is 4.73. The largest absolute Gasteiger partial charge is 0.383 e. The predicted molar refractivity (Wildman–Crippen MR) is 69.8 cm³/mol. The van der Waals surface area contributed by atoms with Crippen LogP contribution in [0.25, 0.3) is 0 Å². The van der Waals surface area contributed by atoms with Crippen LogP contribution in [0, 0.1) is 5.82 Å². The maximum atomic E-state index is 13.9. The molecule has 0 radical (unpaired) electrons. The summed E-state index contributed by atoms with van der Waals surface area (Å²) in [5.41, 5.74) is 6.56. The van der Waals surface area contributed by atoms with Crippen molar-refractivity contribution in [1.29, 1.82) is 0 Å². The third-order valence-corrected chi connectivity index (χ3v) is 3.46. The SMILES string of the molecule is COCCN(C1CC1)C(CN)c1ccccc1F. The maximum Gasteiger partial charge on any atom is 0.128 e. The molecule has 18 heavy (non-hydrogen) atoms. The number of halogens is 1. The third kappa shape index (κ3) is 3.07. The van der Waals surface area contributed by atoms with Crippen LogP contribution in [0.1, 0.15) is 24.4 Å². The molecule has 0 aliphatic heterocycles. The van der Waals surface area contributed by atoms with Crippen LogP contribution in [-0.4, -0.2) is 37.7 Å². The Morgan fingerprint density at radius 3 is 2.72 bits per heavy atom. The van der Waals surface area contributed by atoms with E-state index in [9.17, 15) is 4.39 Å². The van der Waals surface area contributed by atoms with Crippen LogP contribution in [0.5, 0.6) is 0 Å². The molecular formula is C14H21FN2O. The van der Waals surface area contributed by atoms with Gasteiger partial charge in [-0.25, -0.2) is 4.39 Å². The lowest BCUT2D eigenvalue weighted by atomic mass is 10.0. The molecule has 0 spiro atoms. The average molecular weight is 252 g/mol. The number of benzene rings is 1. The molecule has 1 unspecified atom stereocenters. The molecule has 1 aromatic carbocycles. The zero-order valence-electron chi connectivity index (χ0n) is 10.8. The van der Waals surface area contributed by atoms with Crippen molar-refractivity contribution in [2.45, 2.75) is 24.9 Å². The topological polar surface area (TPSA) is 38.5 Å². The summed E-state index contributed by atoms with van der Waals surface area (Å²) in [5, 5.41) is 0. The molecular weight excluding hydrogens is 231 g/mol. The summed E-state index contributed by atoms with van der Waals surface area (Å²) in [4.78, 5) is 2.28. The zero-order valence-corrected chi connectivity index (χ0v) is 10.8. The van der Waals surface area contributed by atoms with E-state index in [-0.39, 0.29) is 11.9 Å². The summed E-state index contributed by atoms with van der Waals surface area (Å²) >= 11 is 0. The summed E-state index contributed by atoms with van der Waals surface area (Å²) in [5.74, 6) is -0.170. The number of hydrogen-bond donors (Lipinski definition) is 1. The molecule has 1 aliphatic rings. The summed E-state index contributed by atoms with van der Waals surface area (Å²) in [6.45, 7) is 1.89. The number of hydrogen-bond acceptors (Lipinski definition) is 3. The van der Waals surface area contributed by atoms with Crippen LogP contribution in [0.2, 0.25) is 0 Å². The highest BCUT2D eigenvalue weighted by Crippen LogP contribution is 2.34. The first-order chi connectivity index (χ1) is 8.77. The van der Waals surface area contributed by atoms with E-state index in [0.29, 0.717) is 24.8 Å². The highest BCUT2D eigenvalue weighted by molar-refractivity contribution is 5.22. The fourth-order valence-corrected chi connectivity index (χ4v) is 2.38. The van der Waals surface area contributed by atoms with Crippen molar-refractivity contribution in [2.24, 2.45) is 5.73 Å². The quantitative estimate of drug-likeness (QED) is 0.806. The Labute approximate surface area is 108 Å². The van der Waals surface area contributed by atoms with E-state index in [1.807, 2.05) is 12.1 Å². The van der Waals surface area contributed by atoms with E-state index in [0.717, 1.165) is 6.54 Å². The summed E-state index contributed by atoms with van der Waals surface area (Å²) in [6.07, 6.45) is 2.35. The number of ether oxygens (including phenoxy) is 1. The molecule has 1 fully saturated rings. The summed E-state index contributed by atoms with van der Waals surface area (Å²) < 4.78 is 19.0. The smallest absolute Gasteiger partial charge is 0.128 e. The lowest BCUT2D eigenvalue weighted by molar-refractivity contribution is 0.114. The Morgan fingerprint density at radius 2 is 2.17 bits per heavy atom. The number of rotatable bonds is 7. The lowest BCUT2D eigenvalue weighted by Gasteiger charge is -2.31. The first kappa shape index (κ1) is 13.5. The van der Waals surface area contributed by atoms with Crippen molar-refractivity contribution in [3.05, 3.63) is 35.6 Å². The van der Waals surface area contributed by atoms with E-state index < -0.39 is 0 Å². The number of nitrogens with two attached hydrogens (primary N) is 1. The van der Waals surface area contributed by atoms with Gasteiger partial charge in [-0.2, -0.15) is 0 Å². The standard InChI is InChI=1S/C14H21FN2O/c1-18-9-8-17(11-6-7-11)14(10-16)12-4-2-3-5-13(12)15/h2-5,11,14H,6-10,16H2,1H3. The average Bonchev–Trinajstić information content (AvgIpc) is 3.20. The van der Waals surface area contributed by atoms with Crippen molar-refractivity contribution in [3.63, 3.8) is 0 Å². The van der Waals surface area contributed by atoms with Gasteiger partial charge in [-0.15, -0.1) is 0 Å². The molecule has 0 saturated heterocycles. The van der Waals surface area contributed by atoms with Crippen LogP contribution in [-0.2, 0) is 4.74 Å². The van der Waals surface area contributed by atoms with E-state index in [1.165, 1.54) is 18.9 Å². The van der Waals surface area contributed by atoms with E-state index in [2.05, 4.69) is 4.90 Å². The van der Waals surface area contributed by atoms with Crippen molar-refractivity contribution in [2.75, 3.05) is 26.8 Å². The van der Waals surface area contributed by atoms with E-state index >= 15 is 0 Å². The zero-order chi connectivity index (χ0) is 13.0. The first-order valence-corrected chi connectivity index (χ1v) is 6.47. The van der Waals surface area contributed by atoms with Gasteiger partial charge >= 0.3 is 0 Å². The van der Waals surface area contributed by atoms with Crippen LogP contribution < -0.4 is 5.73 Å². The highest BCUT2D eigenvalue weighted by Gasteiger charge is 2.34. The molecule has 3 nitrogen and oxygen atoms in total. The second-order valence-electron chi connectivity index (χ2n) is 4.73. The molecule has 1 aliphatic carbocycles. The van der Waals surface area contributed by atoms with Gasteiger partial charge in [0.1, 0.15) is 5.82 Å². The number of nitrogens with zero attached hydrogens (tertiary/aromatic N) is 1. The molecule has 2 N–H and O–H groups in total. The van der Waals surface area contributed by atoms with Crippen LogP contribution in [0.4, 0.5) is 4.39 Å². The summed E-state index contributed by atoms with van der Waals surface area (Å²) in [6, 6.07) is 7.39. The molecule has 2 rings (SSSR count). The minimum Gasteiger partial charge on any atom is -0.383 e. The monoisotopic (exact) mass is 252 g/mol. The molecule has 0 heterocycles. The van der Waals surface area contributed by atoms with Crippen molar-refractivity contribution in [3.8, 4) is 0 Å². The third-order valence-electron chi connectivity index (χ3n) is 3.46. The van der Waals surface area contributed by atoms with Gasteiger partial charge in [0.2, 0.25) is 0 Å². The highest BCUT2D eigenvalue weighted by atomic mass is 19.1. The van der Waals surface area contributed by atoms with Crippen molar-refractivity contribution in [1.82, 2.24) is 4.90 Å². The molecule has 100 valence electrons. The van der Waals surface area contributed by atoms with Gasteiger partial charge in [-0.1, -0.05) is 18.2 Å². The van der Waals surface area contributed by atoms with Gasteiger partial charge < -0.3 is 10.5 Å². The Kier molecular flexibility index (Phi) is 4.69. The fourth-order valence-electron chi connectivity index (χ4n) is 2.38. The second kappa shape index (κ2) is 6.27. The van der Waals surface area contributed by atoms with Crippen LogP contribution >= 0.6 is 0 Å². The van der Waals surface area contributed by atoms with Crippen LogP contribution in [0.15, 0.2) is 24.3 Å². The lowest BCUT2D eigenvalue weighted by Crippen LogP contribution is -2.38. The number of methoxy groups -OCH3 is 1. The van der Waals surface area contributed by atoms with Crippen molar-refractivity contribution < 1.29 is 9.13 Å². The predicted octanol–water partition coefficient (Wildman–Crippen LogP) is 1.94.